The van der Waals surface area contributed by atoms with Crippen molar-refractivity contribution < 1.29 is 9.15 Å². The van der Waals surface area contributed by atoms with Gasteiger partial charge in [0.25, 0.3) is 0 Å². The van der Waals surface area contributed by atoms with E-state index in [1.165, 1.54) is 0 Å². The molecule has 2 rings (SSSR count). The smallest absolute Gasteiger partial charge is 0.145 e. The van der Waals surface area contributed by atoms with E-state index in [9.17, 15) is 0 Å². The molecule has 0 aliphatic carbocycles. The molecule has 0 saturated carbocycles. The fourth-order valence-corrected chi connectivity index (χ4v) is 1.72. The standard InChI is InChI=1S/C15H14O2/c1-4-12-7-6-8-13(15(12)16-5-2)14-10-9-11(3)17-14/h1,6-10H,5H2,2-3H3. The van der Waals surface area contributed by atoms with Crippen LogP contribution in [0.5, 0.6) is 5.75 Å². The molecule has 1 aromatic carbocycles. The number of aryl methyl sites for hydroxylation is 1. The molecule has 17 heavy (non-hydrogen) atoms. The Hall–Kier alpha value is -2.14. The van der Waals surface area contributed by atoms with Crippen LogP contribution in [0.1, 0.15) is 18.2 Å². The SMILES string of the molecule is C#Cc1cccc(-c2ccc(C)o2)c1OCC. The molecule has 0 atom stereocenters. The van der Waals surface area contributed by atoms with Crippen LogP contribution in [0.2, 0.25) is 0 Å². The molecule has 0 N–H and O–H groups in total. The van der Waals surface area contributed by atoms with Crippen molar-refractivity contribution in [2.45, 2.75) is 13.8 Å². The molecule has 1 aromatic heterocycles. The molecule has 0 saturated heterocycles. The highest BCUT2D eigenvalue weighted by molar-refractivity contribution is 5.70. The van der Waals surface area contributed by atoms with Gasteiger partial charge in [-0.05, 0) is 38.1 Å². The van der Waals surface area contributed by atoms with Crippen LogP contribution in [0, 0.1) is 19.3 Å². The van der Waals surface area contributed by atoms with Gasteiger partial charge in [-0.15, -0.1) is 6.42 Å². The molecule has 0 unspecified atom stereocenters. The number of rotatable bonds is 3. The summed E-state index contributed by atoms with van der Waals surface area (Å²) in [5.74, 6) is 4.99. The van der Waals surface area contributed by atoms with Gasteiger partial charge in [0.2, 0.25) is 0 Å². The Bertz CT molecular complexity index is 559. The Labute approximate surface area is 101 Å². The van der Waals surface area contributed by atoms with Crippen LogP contribution in [-0.2, 0) is 0 Å². The topological polar surface area (TPSA) is 22.4 Å². The molecule has 2 heteroatoms. The molecular formula is C15H14O2. The van der Waals surface area contributed by atoms with Gasteiger partial charge in [-0.25, -0.2) is 0 Å². The van der Waals surface area contributed by atoms with E-state index in [1.807, 2.05) is 44.2 Å². The van der Waals surface area contributed by atoms with Crippen LogP contribution in [0.3, 0.4) is 0 Å². The first-order valence-electron chi connectivity index (χ1n) is 5.55. The molecular weight excluding hydrogens is 212 g/mol. The van der Waals surface area contributed by atoms with Gasteiger partial charge in [-0.2, -0.15) is 0 Å². The predicted molar refractivity (Wildman–Crippen MR) is 68.0 cm³/mol. The summed E-state index contributed by atoms with van der Waals surface area (Å²) >= 11 is 0. The minimum Gasteiger partial charge on any atom is -0.492 e. The first-order valence-corrected chi connectivity index (χ1v) is 5.55. The summed E-state index contributed by atoms with van der Waals surface area (Å²) in [6.07, 6.45) is 5.47. The van der Waals surface area contributed by atoms with Crippen LogP contribution < -0.4 is 4.74 Å². The highest BCUT2D eigenvalue weighted by Gasteiger charge is 2.12. The predicted octanol–water partition coefficient (Wildman–Crippen LogP) is 3.64. The quantitative estimate of drug-likeness (QED) is 0.745. The Morgan fingerprint density at radius 1 is 1.29 bits per heavy atom. The van der Waals surface area contributed by atoms with Gasteiger partial charge in [0.1, 0.15) is 17.3 Å². The summed E-state index contributed by atoms with van der Waals surface area (Å²) in [5.41, 5.74) is 1.65. The lowest BCUT2D eigenvalue weighted by Gasteiger charge is -2.10. The van der Waals surface area contributed by atoms with Crippen molar-refractivity contribution in [1.29, 1.82) is 0 Å². The molecule has 0 aliphatic rings. The molecule has 0 fully saturated rings. The van der Waals surface area contributed by atoms with Gasteiger partial charge >= 0.3 is 0 Å². The van der Waals surface area contributed by atoms with E-state index in [0.717, 1.165) is 22.6 Å². The second kappa shape index (κ2) is 4.80. The normalized spacial score (nSPS) is 9.94. The van der Waals surface area contributed by atoms with Gasteiger partial charge in [0, 0.05) is 0 Å². The fraction of sp³-hybridized carbons (Fsp3) is 0.200. The molecule has 0 aliphatic heterocycles. The maximum Gasteiger partial charge on any atom is 0.145 e. The van der Waals surface area contributed by atoms with Gasteiger partial charge in [0.05, 0.1) is 17.7 Å². The van der Waals surface area contributed by atoms with Crippen molar-refractivity contribution in [3.8, 4) is 29.4 Å². The molecule has 2 aromatic rings. The lowest BCUT2D eigenvalue weighted by molar-refractivity contribution is 0.339. The van der Waals surface area contributed by atoms with Crippen molar-refractivity contribution in [2.24, 2.45) is 0 Å². The van der Waals surface area contributed by atoms with Crippen molar-refractivity contribution in [3.05, 3.63) is 41.7 Å². The van der Waals surface area contributed by atoms with Crippen LogP contribution in [0.15, 0.2) is 34.7 Å². The minimum atomic E-state index is 0.575. The lowest BCUT2D eigenvalue weighted by Crippen LogP contribution is -1.96. The number of terminal acetylenes is 1. The van der Waals surface area contributed by atoms with Crippen LogP contribution in [0.25, 0.3) is 11.3 Å². The molecule has 0 bridgehead atoms. The van der Waals surface area contributed by atoms with E-state index in [1.54, 1.807) is 0 Å². The molecule has 1 heterocycles. The average Bonchev–Trinajstić information content (AvgIpc) is 2.76. The maximum absolute atomic E-state index is 5.62. The van der Waals surface area contributed by atoms with E-state index in [0.29, 0.717) is 12.4 Å². The van der Waals surface area contributed by atoms with E-state index in [2.05, 4.69) is 5.92 Å². The third kappa shape index (κ3) is 2.19. The molecule has 86 valence electrons. The number of ether oxygens (including phenoxy) is 1. The zero-order chi connectivity index (χ0) is 12.3. The Morgan fingerprint density at radius 3 is 2.71 bits per heavy atom. The monoisotopic (exact) mass is 226 g/mol. The van der Waals surface area contributed by atoms with E-state index in [4.69, 9.17) is 15.6 Å². The third-order valence-electron chi connectivity index (χ3n) is 2.47. The summed E-state index contributed by atoms with van der Waals surface area (Å²) in [5, 5.41) is 0. The van der Waals surface area contributed by atoms with Crippen LogP contribution >= 0.6 is 0 Å². The van der Waals surface area contributed by atoms with Gasteiger partial charge in [-0.1, -0.05) is 12.0 Å². The Kier molecular flexibility index (Phi) is 3.20. The third-order valence-corrected chi connectivity index (χ3v) is 2.47. The van der Waals surface area contributed by atoms with E-state index in [-0.39, 0.29) is 0 Å². The summed E-state index contributed by atoms with van der Waals surface area (Å²) in [4.78, 5) is 0. The lowest BCUT2D eigenvalue weighted by atomic mass is 10.1. The first kappa shape index (κ1) is 11.3. The zero-order valence-corrected chi connectivity index (χ0v) is 9.99. The van der Waals surface area contributed by atoms with E-state index < -0.39 is 0 Å². The first-order chi connectivity index (χ1) is 8.26. The molecule has 0 spiro atoms. The van der Waals surface area contributed by atoms with Crippen molar-refractivity contribution in [3.63, 3.8) is 0 Å². The molecule has 0 radical (unpaired) electrons. The summed E-state index contributed by atoms with van der Waals surface area (Å²) in [6.45, 7) is 4.42. The highest BCUT2D eigenvalue weighted by atomic mass is 16.5. The van der Waals surface area contributed by atoms with Gasteiger partial charge in [-0.3, -0.25) is 0 Å². The van der Waals surface area contributed by atoms with Crippen molar-refractivity contribution in [2.75, 3.05) is 6.61 Å². The van der Waals surface area contributed by atoms with Crippen molar-refractivity contribution in [1.82, 2.24) is 0 Å². The average molecular weight is 226 g/mol. The molecule has 0 amide bonds. The molecule has 2 nitrogen and oxygen atoms in total. The summed E-state index contributed by atoms with van der Waals surface area (Å²) < 4.78 is 11.2. The van der Waals surface area contributed by atoms with E-state index >= 15 is 0 Å². The fourth-order valence-electron chi connectivity index (χ4n) is 1.72. The van der Waals surface area contributed by atoms with Crippen LogP contribution in [-0.4, -0.2) is 6.61 Å². The zero-order valence-electron chi connectivity index (χ0n) is 9.99. The Balaban J connectivity index is 2.57. The number of hydrogen-bond donors (Lipinski definition) is 0. The largest absolute Gasteiger partial charge is 0.492 e. The number of hydrogen-bond acceptors (Lipinski definition) is 2. The highest BCUT2D eigenvalue weighted by Crippen LogP contribution is 2.33. The summed E-state index contributed by atoms with van der Waals surface area (Å²) in [6, 6.07) is 9.57. The minimum absolute atomic E-state index is 0.575. The Morgan fingerprint density at radius 2 is 2.12 bits per heavy atom. The van der Waals surface area contributed by atoms with Gasteiger partial charge < -0.3 is 9.15 Å². The van der Waals surface area contributed by atoms with Crippen molar-refractivity contribution >= 4 is 0 Å². The number of benzene rings is 1. The number of furan rings is 1. The van der Waals surface area contributed by atoms with Crippen LogP contribution in [0.4, 0.5) is 0 Å². The maximum atomic E-state index is 5.62. The van der Waals surface area contributed by atoms with Gasteiger partial charge in [0.15, 0.2) is 0 Å². The second-order valence-corrected chi connectivity index (χ2v) is 3.67. The second-order valence-electron chi connectivity index (χ2n) is 3.67. The summed E-state index contributed by atoms with van der Waals surface area (Å²) in [7, 11) is 0. The number of para-hydroxylation sites is 1.